The fourth-order valence-corrected chi connectivity index (χ4v) is 15.7. The van der Waals surface area contributed by atoms with E-state index in [9.17, 15) is 0 Å². The van der Waals surface area contributed by atoms with E-state index in [1.165, 1.54) is 34.3 Å². The molecule has 0 radical (unpaired) electrons. The highest BCUT2D eigenvalue weighted by Gasteiger charge is 2.51. The molecule has 2 saturated heterocycles. The number of aromatic nitrogens is 4. The number of imide groups is 2. The molecule has 23 heteroatoms. The molecule has 2 aliphatic heterocycles. The molecule has 2 N–H and O–H groups in total. The first-order chi connectivity index (χ1) is 44.3. The molecule has 2 aliphatic rings. The predicted octanol–water partition coefficient (Wildman–Crippen LogP) is 20.9. The number of unbranched alkanes of at least 4 members (excludes halogenated alkanes) is 10. The highest BCUT2D eigenvalue weighted by Crippen LogP contribution is 2.50. The van der Waals surface area contributed by atoms with E-state index in [0.29, 0.717) is 25.7 Å². The smallest absolute Gasteiger partial charge is 0.274 e. The molecule has 2 fully saturated rings. The zero-order valence-corrected chi connectivity index (χ0v) is 58.6. The third-order valence-electron chi connectivity index (χ3n) is 17.7. The van der Waals surface area contributed by atoms with E-state index < -0.39 is 52.5 Å². The van der Waals surface area contributed by atoms with Crippen LogP contribution in [0.3, 0.4) is 0 Å². The fraction of sp³-hybridized carbons (Fsp3) is 0.420. The molecule has 0 saturated carbocycles. The number of carbonyl (C=O) groups excluding carboxylic acids is 4. The minimum Gasteiger partial charge on any atom is -0.274 e. The van der Waals surface area contributed by atoms with Gasteiger partial charge in [-0.2, -0.15) is 10.0 Å². The second kappa shape index (κ2) is 32.4. The zero-order valence-electron chi connectivity index (χ0n) is 51.8. The van der Waals surface area contributed by atoms with E-state index in [0.717, 1.165) is 109 Å². The average molecular weight is 1430 g/mol. The Kier molecular flexibility index (Phi) is 24.9. The van der Waals surface area contributed by atoms with Gasteiger partial charge in [0.2, 0.25) is 11.8 Å². The number of rotatable bonds is 31. The lowest BCUT2D eigenvalue weighted by Gasteiger charge is -2.35. The highest BCUT2D eigenvalue weighted by atomic mass is 35.5. The maximum absolute atomic E-state index is 16.8. The van der Waals surface area contributed by atoms with Crippen molar-refractivity contribution in [3.05, 3.63) is 180 Å². The van der Waals surface area contributed by atoms with Crippen LogP contribution < -0.4 is 21.1 Å². The van der Waals surface area contributed by atoms with Crippen LogP contribution in [0, 0.1) is 23.7 Å². The van der Waals surface area contributed by atoms with Crippen LogP contribution in [0.2, 0.25) is 45.2 Å². The second-order valence-corrected chi connectivity index (χ2v) is 27.6. The zero-order chi connectivity index (χ0) is 66.1. The van der Waals surface area contributed by atoms with Crippen LogP contribution in [-0.4, -0.2) is 53.2 Å². The summed E-state index contributed by atoms with van der Waals surface area (Å²) in [5.74, 6) is -6.61. The molecular formula is C69H75Cl9N8O6. The van der Waals surface area contributed by atoms with Crippen molar-refractivity contribution >= 4 is 151 Å². The van der Waals surface area contributed by atoms with Crippen LogP contribution in [0.5, 0.6) is 0 Å². The van der Waals surface area contributed by atoms with Gasteiger partial charge >= 0.3 is 0 Å². The van der Waals surface area contributed by atoms with Crippen molar-refractivity contribution in [3.8, 4) is 11.4 Å². The summed E-state index contributed by atoms with van der Waals surface area (Å²) < 4.78 is 2.06. The van der Waals surface area contributed by atoms with Gasteiger partial charge in [-0.25, -0.2) is 19.4 Å². The Morgan fingerprint density at radius 1 is 0.424 bits per heavy atom. The Morgan fingerprint density at radius 2 is 0.761 bits per heavy atom. The molecule has 9 rings (SSSR count). The number of amides is 4. The molecule has 0 spiro atoms. The highest BCUT2D eigenvalue weighted by molar-refractivity contribution is 6.41. The first-order valence-corrected chi connectivity index (χ1v) is 35.2. The van der Waals surface area contributed by atoms with Crippen molar-refractivity contribution in [1.82, 2.24) is 29.6 Å². The van der Waals surface area contributed by atoms with Gasteiger partial charge < -0.3 is 0 Å². The monoisotopic (exact) mass is 1430 g/mol. The summed E-state index contributed by atoms with van der Waals surface area (Å²) in [4.78, 5) is 96.1. The van der Waals surface area contributed by atoms with Crippen molar-refractivity contribution in [1.29, 1.82) is 0 Å². The third kappa shape index (κ3) is 15.1. The quantitative estimate of drug-likeness (QED) is 0.0321. The molecule has 4 unspecified atom stereocenters. The first-order valence-electron chi connectivity index (χ1n) is 31.8. The Morgan fingerprint density at radius 3 is 1.12 bits per heavy atom. The fourth-order valence-electron chi connectivity index (χ4n) is 13.1. The summed E-state index contributed by atoms with van der Waals surface area (Å²) in [5, 5.41) is 11.0. The number of H-pyrrole nitrogens is 2. The maximum Gasteiger partial charge on any atom is 0.277 e. The van der Waals surface area contributed by atoms with Crippen molar-refractivity contribution < 1.29 is 19.2 Å². The molecule has 4 heterocycles. The minimum atomic E-state index is -1.78. The summed E-state index contributed by atoms with van der Waals surface area (Å²) in [7, 11) is 0. The number of halogens is 9. The van der Waals surface area contributed by atoms with Gasteiger partial charge in [-0.3, -0.25) is 39.0 Å². The molecule has 0 aliphatic carbocycles. The van der Waals surface area contributed by atoms with Crippen LogP contribution in [0.1, 0.15) is 179 Å². The predicted molar refractivity (Wildman–Crippen MR) is 375 cm³/mol. The molecule has 490 valence electrons. The summed E-state index contributed by atoms with van der Waals surface area (Å²) in [5.41, 5.74) is -2.57. The lowest BCUT2D eigenvalue weighted by Crippen LogP contribution is -2.46. The number of hydrogen-bond donors (Lipinski definition) is 2. The van der Waals surface area contributed by atoms with Gasteiger partial charge in [-0.05, 0) is 97.7 Å². The number of carbonyl (C=O) groups is 4. The van der Waals surface area contributed by atoms with Gasteiger partial charge in [0.15, 0.2) is 11.6 Å². The number of aromatic amines is 2. The number of benzene rings is 5. The van der Waals surface area contributed by atoms with Crippen molar-refractivity contribution in [2.75, 3.05) is 10.0 Å². The van der Waals surface area contributed by atoms with Gasteiger partial charge in [-0.15, -0.1) is 0 Å². The van der Waals surface area contributed by atoms with Crippen LogP contribution in [0.15, 0.2) is 107 Å². The summed E-state index contributed by atoms with van der Waals surface area (Å²) in [6.07, 6.45) is 15.7. The molecule has 92 heavy (non-hydrogen) atoms. The van der Waals surface area contributed by atoms with E-state index in [1.54, 1.807) is 72.8 Å². The molecule has 14 nitrogen and oxygen atoms in total. The molecular weight excluding hydrogens is 1360 g/mol. The topological polar surface area (TPSA) is 157 Å². The van der Waals surface area contributed by atoms with E-state index in [1.807, 2.05) is 0 Å². The third-order valence-corrected chi connectivity index (χ3v) is 20.2. The second-order valence-electron chi connectivity index (χ2n) is 23.9. The van der Waals surface area contributed by atoms with Gasteiger partial charge in [0.25, 0.3) is 22.9 Å². The van der Waals surface area contributed by atoms with Crippen LogP contribution >= 0.6 is 104 Å². The lowest BCUT2D eigenvalue weighted by molar-refractivity contribution is -0.141. The van der Waals surface area contributed by atoms with Crippen LogP contribution in [-0.2, 0) is 19.2 Å². The Labute approximate surface area is 582 Å². The van der Waals surface area contributed by atoms with E-state index in [4.69, 9.17) is 104 Å². The molecule has 5 aromatic carbocycles. The molecule has 4 atom stereocenters. The van der Waals surface area contributed by atoms with E-state index in [2.05, 4.69) is 37.9 Å². The largest absolute Gasteiger partial charge is 0.277 e. The number of para-hydroxylation sites is 2. The molecule has 2 aromatic heterocycles. The Bertz CT molecular complexity index is 3670. The Balaban J connectivity index is 1.39. The van der Waals surface area contributed by atoms with Gasteiger partial charge in [0, 0.05) is 27.9 Å². The Hall–Kier alpha value is -5.39. The SMILES string of the molecule is CCCCCCCC(CCCC)C1CC(=O)N(N(c2ccccc2Cl)c2[nH]n(-c3c(Cl)cc(Cl)cc3Cl)c(=O)c2C(c2ccccc2Cl)c2c(N(c3ccccc3Cl)N3C(=O)CC(C(CCCC)CCCCCCC)C3=O)[nH]n(-c3c(Cl)cc(Cl)cc3Cl)c2=O)C1=O. The van der Waals surface area contributed by atoms with Crippen LogP contribution in [0.4, 0.5) is 23.0 Å². The van der Waals surface area contributed by atoms with Crippen LogP contribution in [0.25, 0.3) is 11.4 Å². The minimum absolute atomic E-state index is 0.0181. The number of anilines is 4. The lowest BCUT2D eigenvalue weighted by atomic mass is 9.83. The average Bonchev–Trinajstić information content (AvgIpc) is 1.54. The van der Waals surface area contributed by atoms with Gasteiger partial charge in [-0.1, -0.05) is 264 Å². The maximum atomic E-state index is 16.8. The van der Waals surface area contributed by atoms with Crippen molar-refractivity contribution in [3.63, 3.8) is 0 Å². The number of hydrogen-bond acceptors (Lipinski definition) is 8. The summed E-state index contributed by atoms with van der Waals surface area (Å²) in [6, 6.07) is 25.0. The first kappa shape index (κ1) is 70.9. The number of nitrogens with zero attached hydrogens (tertiary/aromatic N) is 6. The molecule has 4 amide bonds. The number of nitrogens with one attached hydrogen (secondary N) is 2. The summed E-state index contributed by atoms with van der Waals surface area (Å²) >= 11 is 63.5. The number of hydrazine groups is 2. The molecule has 7 aromatic rings. The van der Waals surface area contributed by atoms with Gasteiger partial charge in [0.1, 0.15) is 11.4 Å². The van der Waals surface area contributed by atoms with Crippen molar-refractivity contribution in [2.24, 2.45) is 23.7 Å². The molecule has 0 bridgehead atoms. The van der Waals surface area contributed by atoms with E-state index in [-0.39, 0.29) is 121 Å². The van der Waals surface area contributed by atoms with E-state index >= 15 is 28.8 Å². The normalized spacial score (nSPS) is 16.1. The standard InChI is InChI=1S/C69H75Cl9N8O6/c1-5-9-13-15-17-27-41(25-11-7-3)46-39-57(87)85(66(46)89)83(55-33-23-21-31-49(55)73)64-60(68(91)81(79-64)62-51(75)35-43(70)36-52(62)76)59(45-29-19-20-30-48(45)72)61-65(80-82(69(61)92)63-53(77)37-44(71)38-54(63)78)84(56-34-24-22-32-50(56)74)86-58(88)40-47(67(86)90)42(26-12-8-4)28-18-16-14-10-6-2/h19-24,29-38,41-42,46-47,59,79-80H,5-18,25-28,39-40H2,1-4H3. The van der Waals surface area contributed by atoms with Gasteiger partial charge in [0.05, 0.1) is 70.4 Å². The van der Waals surface area contributed by atoms with Crippen molar-refractivity contribution in [2.45, 2.75) is 162 Å². The summed E-state index contributed by atoms with van der Waals surface area (Å²) in [6.45, 7) is 8.47.